The fourth-order valence-electron chi connectivity index (χ4n) is 2.60. The van der Waals surface area contributed by atoms with Crippen LogP contribution in [0, 0.1) is 17.0 Å². The van der Waals surface area contributed by atoms with Crippen LogP contribution in [-0.2, 0) is 6.18 Å². The second-order valence-corrected chi connectivity index (χ2v) is 5.90. The minimum Gasteiger partial charge on any atom is -0.451 e. The molecule has 3 rings (SSSR count). The van der Waals surface area contributed by atoms with E-state index in [4.69, 9.17) is 4.42 Å². The summed E-state index contributed by atoms with van der Waals surface area (Å²) in [4.78, 5) is 22.8. The van der Waals surface area contributed by atoms with Crippen LogP contribution >= 0.6 is 0 Å². The molecular formula is C19H13F3N2O4. The first-order valence-electron chi connectivity index (χ1n) is 7.99. The molecule has 0 saturated heterocycles. The Morgan fingerprint density at radius 3 is 2.50 bits per heavy atom. The van der Waals surface area contributed by atoms with Crippen LogP contribution in [0.15, 0.2) is 59.0 Å². The van der Waals surface area contributed by atoms with E-state index >= 15 is 0 Å². The van der Waals surface area contributed by atoms with Gasteiger partial charge >= 0.3 is 6.18 Å². The molecule has 0 spiro atoms. The third-order valence-electron chi connectivity index (χ3n) is 4.05. The van der Waals surface area contributed by atoms with Crippen molar-refractivity contribution in [1.82, 2.24) is 0 Å². The molecule has 1 aromatic heterocycles. The van der Waals surface area contributed by atoms with Gasteiger partial charge in [-0.2, -0.15) is 13.2 Å². The molecule has 144 valence electrons. The number of anilines is 1. The van der Waals surface area contributed by atoms with Crippen molar-refractivity contribution in [3.05, 3.63) is 81.6 Å². The maximum absolute atomic E-state index is 12.8. The number of hydrogen-bond acceptors (Lipinski definition) is 4. The Morgan fingerprint density at radius 1 is 1.11 bits per heavy atom. The van der Waals surface area contributed by atoms with E-state index in [9.17, 15) is 28.1 Å². The molecule has 6 nitrogen and oxygen atoms in total. The zero-order valence-corrected chi connectivity index (χ0v) is 14.4. The van der Waals surface area contributed by atoms with Gasteiger partial charge in [0.25, 0.3) is 11.6 Å². The predicted molar refractivity (Wildman–Crippen MR) is 94.9 cm³/mol. The van der Waals surface area contributed by atoms with Crippen LogP contribution in [0.1, 0.15) is 21.7 Å². The SMILES string of the molecule is Cc1c(NC(=O)c2ccc(-c3cccc(C(F)(F)F)c3)o2)cccc1[N+](=O)[O-]. The normalized spacial score (nSPS) is 11.3. The number of carbonyl (C=O) groups is 1. The van der Waals surface area contributed by atoms with Crippen molar-refractivity contribution in [3.63, 3.8) is 0 Å². The van der Waals surface area contributed by atoms with Gasteiger partial charge in [-0.3, -0.25) is 14.9 Å². The number of nitro benzene ring substituents is 1. The topological polar surface area (TPSA) is 85.4 Å². The molecule has 28 heavy (non-hydrogen) atoms. The predicted octanol–water partition coefficient (Wildman–Crippen LogP) is 5.43. The Morgan fingerprint density at radius 2 is 1.82 bits per heavy atom. The van der Waals surface area contributed by atoms with Gasteiger partial charge in [-0.1, -0.05) is 18.2 Å². The van der Waals surface area contributed by atoms with Crippen LogP contribution in [0.25, 0.3) is 11.3 Å². The monoisotopic (exact) mass is 390 g/mol. The highest BCUT2D eigenvalue weighted by molar-refractivity contribution is 6.03. The minimum absolute atomic E-state index is 0.0898. The smallest absolute Gasteiger partial charge is 0.416 e. The van der Waals surface area contributed by atoms with Crippen LogP contribution in [0.5, 0.6) is 0 Å². The largest absolute Gasteiger partial charge is 0.451 e. The third-order valence-corrected chi connectivity index (χ3v) is 4.05. The second kappa shape index (κ2) is 7.18. The zero-order valence-electron chi connectivity index (χ0n) is 14.4. The summed E-state index contributed by atoms with van der Waals surface area (Å²) in [5.74, 6) is -0.729. The van der Waals surface area contributed by atoms with Gasteiger partial charge in [-0.05, 0) is 37.3 Å². The van der Waals surface area contributed by atoms with E-state index in [0.717, 1.165) is 12.1 Å². The summed E-state index contributed by atoms with van der Waals surface area (Å²) >= 11 is 0. The maximum atomic E-state index is 12.8. The van der Waals surface area contributed by atoms with Crippen LogP contribution < -0.4 is 5.32 Å². The van der Waals surface area contributed by atoms with Gasteiger partial charge in [-0.25, -0.2) is 0 Å². The molecular weight excluding hydrogens is 377 g/mol. The van der Waals surface area contributed by atoms with Crippen LogP contribution in [0.2, 0.25) is 0 Å². The molecule has 0 radical (unpaired) electrons. The van der Waals surface area contributed by atoms with Crippen LogP contribution in [0.3, 0.4) is 0 Å². The lowest BCUT2D eigenvalue weighted by atomic mass is 10.1. The summed E-state index contributed by atoms with van der Waals surface area (Å²) < 4.78 is 43.9. The van der Waals surface area contributed by atoms with Gasteiger partial charge in [-0.15, -0.1) is 0 Å². The summed E-state index contributed by atoms with van der Waals surface area (Å²) in [6.07, 6.45) is -4.50. The number of furan rings is 1. The van der Waals surface area contributed by atoms with E-state index in [1.807, 2.05) is 0 Å². The lowest BCUT2D eigenvalue weighted by Gasteiger charge is -2.08. The van der Waals surface area contributed by atoms with E-state index in [1.165, 1.54) is 49.4 Å². The fraction of sp³-hybridized carbons (Fsp3) is 0.105. The molecule has 1 heterocycles. The van der Waals surface area contributed by atoms with Crippen molar-refractivity contribution >= 4 is 17.3 Å². The lowest BCUT2D eigenvalue weighted by Crippen LogP contribution is -2.12. The maximum Gasteiger partial charge on any atom is 0.416 e. The lowest BCUT2D eigenvalue weighted by molar-refractivity contribution is -0.385. The molecule has 0 aliphatic carbocycles. The summed E-state index contributed by atoms with van der Waals surface area (Å²) in [6, 6.07) is 11.5. The van der Waals surface area contributed by atoms with E-state index in [0.29, 0.717) is 0 Å². The Labute approximate surface area is 156 Å². The Hall–Kier alpha value is -3.62. The number of alkyl halides is 3. The van der Waals surface area contributed by atoms with Crippen LogP contribution in [0.4, 0.5) is 24.5 Å². The van der Waals surface area contributed by atoms with Gasteiger partial charge < -0.3 is 9.73 Å². The molecule has 1 amide bonds. The van der Waals surface area contributed by atoms with Crippen molar-refractivity contribution in [1.29, 1.82) is 0 Å². The van der Waals surface area contributed by atoms with Crippen LogP contribution in [-0.4, -0.2) is 10.8 Å². The van der Waals surface area contributed by atoms with Gasteiger partial charge in [0, 0.05) is 11.6 Å². The highest BCUT2D eigenvalue weighted by Gasteiger charge is 2.30. The molecule has 3 aromatic rings. The standard InChI is InChI=1S/C19H13F3N2O4/c1-11-14(6-3-7-15(11)24(26)27)23-18(25)17-9-8-16(28-17)12-4-2-5-13(10-12)19(20,21)22/h2-10H,1H3,(H,23,25). The first kappa shape index (κ1) is 19.2. The number of hydrogen-bond donors (Lipinski definition) is 1. The minimum atomic E-state index is -4.50. The quantitative estimate of drug-likeness (QED) is 0.475. The number of rotatable bonds is 4. The molecule has 1 N–H and O–H groups in total. The van der Waals surface area contributed by atoms with E-state index in [1.54, 1.807) is 0 Å². The average molecular weight is 390 g/mol. The number of nitro groups is 1. The number of amides is 1. The molecule has 0 fully saturated rings. The number of halogens is 3. The van der Waals surface area contributed by atoms with Gasteiger partial charge in [0.05, 0.1) is 21.7 Å². The first-order valence-corrected chi connectivity index (χ1v) is 7.99. The van der Waals surface area contributed by atoms with Gasteiger partial charge in [0.1, 0.15) is 5.76 Å². The Bertz CT molecular complexity index is 1060. The highest BCUT2D eigenvalue weighted by Crippen LogP contribution is 2.33. The first-order chi connectivity index (χ1) is 13.2. The molecule has 0 atom stereocenters. The average Bonchev–Trinajstić information content (AvgIpc) is 3.13. The van der Waals surface area contributed by atoms with Crippen molar-refractivity contribution in [2.24, 2.45) is 0 Å². The molecule has 0 aliphatic rings. The van der Waals surface area contributed by atoms with Gasteiger partial charge in [0.15, 0.2) is 5.76 Å². The molecule has 0 bridgehead atoms. The summed E-state index contributed by atoms with van der Waals surface area (Å²) in [5.41, 5.74) is -0.316. The summed E-state index contributed by atoms with van der Waals surface area (Å²) in [6.45, 7) is 1.49. The molecule has 0 aliphatic heterocycles. The Kier molecular flexibility index (Phi) is 4.91. The number of benzene rings is 2. The number of nitrogens with one attached hydrogen (secondary N) is 1. The van der Waals surface area contributed by atoms with E-state index in [-0.39, 0.29) is 34.0 Å². The molecule has 9 heteroatoms. The van der Waals surface area contributed by atoms with E-state index in [2.05, 4.69) is 5.32 Å². The highest BCUT2D eigenvalue weighted by atomic mass is 19.4. The van der Waals surface area contributed by atoms with Crippen molar-refractivity contribution in [2.45, 2.75) is 13.1 Å². The zero-order chi connectivity index (χ0) is 20.5. The Balaban J connectivity index is 1.84. The fourth-order valence-corrected chi connectivity index (χ4v) is 2.60. The molecule has 2 aromatic carbocycles. The molecule has 0 unspecified atom stereocenters. The number of nitrogens with zero attached hydrogens (tertiary/aromatic N) is 1. The van der Waals surface area contributed by atoms with Crippen molar-refractivity contribution in [3.8, 4) is 11.3 Å². The summed E-state index contributed by atoms with van der Waals surface area (Å²) in [7, 11) is 0. The molecule has 0 saturated carbocycles. The van der Waals surface area contributed by atoms with E-state index < -0.39 is 22.6 Å². The second-order valence-electron chi connectivity index (χ2n) is 5.90. The number of carbonyl (C=O) groups excluding carboxylic acids is 1. The van der Waals surface area contributed by atoms with Crippen molar-refractivity contribution in [2.75, 3.05) is 5.32 Å². The third kappa shape index (κ3) is 3.88. The van der Waals surface area contributed by atoms with Gasteiger partial charge in [0.2, 0.25) is 0 Å². The van der Waals surface area contributed by atoms with Crippen molar-refractivity contribution < 1.29 is 27.3 Å². The summed E-state index contributed by atoms with van der Waals surface area (Å²) in [5, 5.41) is 13.5.